The minimum atomic E-state index is -0.299. The summed E-state index contributed by atoms with van der Waals surface area (Å²) in [4.78, 5) is 22.6. The van der Waals surface area contributed by atoms with Gasteiger partial charge in [0, 0.05) is 23.0 Å². The van der Waals surface area contributed by atoms with Crippen LogP contribution in [0.3, 0.4) is 0 Å². The van der Waals surface area contributed by atoms with Crippen molar-refractivity contribution in [2.24, 2.45) is 0 Å². The summed E-state index contributed by atoms with van der Waals surface area (Å²) in [5, 5.41) is 1.28. The molecular formula is C21H24Cl2FN3OS2. The number of benzene rings is 2. The molecule has 1 heterocycles. The van der Waals surface area contributed by atoms with E-state index in [1.54, 1.807) is 11.0 Å². The number of fused-ring (bicyclic) bond motifs is 1. The summed E-state index contributed by atoms with van der Waals surface area (Å²) in [5.74, 6) is -0.0203. The number of carbonyl (C=O) groups is 1. The first-order valence-corrected chi connectivity index (χ1v) is 11.6. The lowest BCUT2D eigenvalue weighted by atomic mass is 10.3. The summed E-state index contributed by atoms with van der Waals surface area (Å²) in [5.41, 5.74) is 0.706. The molecule has 0 N–H and O–H groups in total. The number of hydrogen-bond donors (Lipinski definition) is 0. The maximum Gasteiger partial charge on any atom is 0.239 e. The average Bonchev–Trinajstić information content (AvgIpc) is 3.13. The molecule has 0 radical (unpaired) electrons. The largest absolute Gasteiger partial charge is 0.302 e. The van der Waals surface area contributed by atoms with Crippen molar-refractivity contribution in [3.8, 4) is 0 Å². The monoisotopic (exact) mass is 487 g/mol. The van der Waals surface area contributed by atoms with Gasteiger partial charge in [-0.15, -0.1) is 24.2 Å². The van der Waals surface area contributed by atoms with E-state index >= 15 is 0 Å². The first kappa shape index (κ1) is 24.9. The van der Waals surface area contributed by atoms with Crippen LogP contribution in [0.15, 0.2) is 47.4 Å². The molecule has 0 fully saturated rings. The van der Waals surface area contributed by atoms with Gasteiger partial charge in [0.1, 0.15) is 5.82 Å². The highest BCUT2D eigenvalue weighted by molar-refractivity contribution is 8.00. The molecule has 0 aliphatic rings. The second-order valence-electron chi connectivity index (χ2n) is 6.42. The van der Waals surface area contributed by atoms with Gasteiger partial charge in [0.25, 0.3) is 0 Å². The molecule has 0 spiro atoms. The Morgan fingerprint density at radius 1 is 1.13 bits per heavy atom. The molecule has 0 aliphatic heterocycles. The molecule has 0 aliphatic carbocycles. The van der Waals surface area contributed by atoms with E-state index < -0.39 is 0 Å². The quantitative estimate of drug-likeness (QED) is 0.348. The summed E-state index contributed by atoms with van der Waals surface area (Å²) < 4.78 is 14.3. The lowest BCUT2D eigenvalue weighted by Crippen LogP contribution is -2.39. The van der Waals surface area contributed by atoms with Crippen LogP contribution in [0.4, 0.5) is 9.52 Å². The molecule has 0 bridgehead atoms. The fraction of sp³-hybridized carbons (Fsp3) is 0.333. The maximum absolute atomic E-state index is 13.6. The van der Waals surface area contributed by atoms with E-state index in [0.717, 1.165) is 29.2 Å². The third kappa shape index (κ3) is 6.56. The van der Waals surface area contributed by atoms with E-state index in [1.165, 1.54) is 35.2 Å². The number of amides is 1. The van der Waals surface area contributed by atoms with Crippen molar-refractivity contribution in [2.75, 3.05) is 36.8 Å². The Morgan fingerprint density at radius 2 is 1.83 bits per heavy atom. The third-order valence-corrected chi connectivity index (χ3v) is 6.87. The number of aromatic nitrogens is 1. The van der Waals surface area contributed by atoms with Crippen LogP contribution < -0.4 is 4.90 Å². The van der Waals surface area contributed by atoms with Crippen molar-refractivity contribution in [2.45, 2.75) is 18.7 Å². The molecule has 1 aromatic heterocycles. The van der Waals surface area contributed by atoms with Gasteiger partial charge in [-0.2, -0.15) is 0 Å². The number of carbonyl (C=O) groups excluding carboxylic acids is 1. The van der Waals surface area contributed by atoms with E-state index in [-0.39, 0.29) is 24.1 Å². The molecule has 0 atom stereocenters. The Kier molecular flexibility index (Phi) is 9.84. The van der Waals surface area contributed by atoms with Crippen molar-refractivity contribution in [1.82, 2.24) is 9.88 Å². The predicted octanol–water partition coefficient (Wildman–Crippen LogP) is 5.98. The van der Waals surface area contributed by atoms with Gasteiger partial charge in [-0.3, -0.25) is 9.69 Å². The zero-order valence-electron chi connectivity index (χ0n) is 16.8. The van der Waals surface area contributed by atoms with Crippen LogP contribution in [0.5, 0.6) is 0 Å². The fourth-order valence-electron chi connectivity index (χ4n) is 2.86. The summed E-state index contributed by atoms with van der Waals surface area (Å²) >= 11 is 8.75. The van der Waals surface area contributed by atoms with Crippen molar-refractivity contribution >= 4 is 68.4 Å². The normalized spacial score (nSPS) is 11.0. The molecule has 30 heavy (non-hydrogen) atoms. The standard InChI is InChI=1S/C21H23ClFN3OS2.ClH/c1-3-25(4-2)11-12-26(20(27)14-28-17-8-5-15(22)6-9-17)21-24-18-10-7-16(23)13-19(18)29-21;/h5-10,13H,3-4,11-12,14H2,1-2H3;1H. The second kappa shape index (κ2) is 11.9. The average molecular weight is 488 g/mol. The molecule has 0 saturated carbocycles. The van der Waals surface area contributed by atoms with Crippen molar-refractivity contribution in [1.29, 1.82) is 0 Å². The Bertz CT molecular complexity index is 965. The molecule has 1 amide bonds. The van der Waals surface area contributed by atoms with Gasteiger partial charge < -0.3 is 4.90 Å². The molecule has 4 nitrogen and oxygen atoms in total. The van der Waals surface area contributed by atoms with Crippen molar-refractivity contribution in [3.63, 3.8) is 0 Å². The molecule has 3 aromatic rings. The molecule has 162 valence electrons. The van der Waals surface area contributed by atoms with Gasteiger partial charge in [-0.1, -0.05) is 36.8 Å². The van der Waals surface area contributed by atoms with Gasteiger partial charge in [-0.05, 0) is 55.6 Å². The van der Waals surface area contributed by atoms with Crippen LogP contribution in [0.2, 0.25) is 5.02 Å². The second-order valence-corrected chi connectivity index (χ2v) is 8.92. The van der Waals surface area contributed by atoms with Crippen LogP contribution >= 0.6 is 47.1 Å². The first-order valence-electron chi connectivity index (χ1n) is 9.47. The molecule has 9 heteroatoms. The number of thioether (sulfide) groups is 1. The predicted molar refractivity (Wildman–Crippen MR) is 129 cm³/mol. The minimum Gasteiger partial charge on any atom is -0.302 e. The van der Waals surface area contributed by atoms with Crippen LogP contribution in [-0.2, 0) is 4.79 Å². The lowest BCUT2D eigenvalue weighted by Gasteiger charge is -2.24. The number of anilines is 1. The molecule has 3 rings (SSSR count). The number of rotatable bonds is 9. The fourth-order valence-corrected chi connectivity index (χ4v) is 4.80. The smallest absolute Gasteiger partial charge is 0.239 e. The van der Waals surface area contributed by atoms with E-state index in [2.05, 4.69) is 23.7 Å². The Hall–Kier alpha value is -1.38. The SMILES string of the molecule is CCN(CC)CCN(C(=O)CSc1ccc(Cl)cc1)c1nc2ccc(F)cc2s1.Cl. The number of hydrogen-bond acceptors (Lipinski definition) is 5. The highest BCUT2D eigenvalue weighted by Gasteiger charge is 2.21. The van der Waals surface area contributed by atoms with E-state index in [9.17, 15) is 9.18 Å². The van der Waals surface area contributed by atoms with Gasteiger partial charge in [-0.25, -0.2) is 9.37 Å². The van der Waals surface area contributed by atoms with Gasteiger partial charge >= 0.3 is 0 Å². The van der Waals surface area contributed by atoms with Crippen LogP contribution in [0, 0.1) is 5.82 Å². The van der Waals surface area contributed by atoms with Crippen LogP contribution in [0.25, 0.3) is 10.2 Å². The first-order chi connectivity index (χ1) is 14.0. The van der Waals surface area contributed by atoms with E-state index in [1.807, 2.05) is 24.3 Å². The zero-order valence-corrected chi connectivity index (χ0v) is 20.0. The number of likely N-dealkylation sites (N-methyl/N-ethyl adjacent to an activating group) is 1. The van der Waals surface area contributed by atoms with Crippen LogP contribution in [0.1, 0.15) is 13.8 Å². The summed E-state index contributed by atoms with van der Waals surface area (Å²) in [6, 6.07) is 11.9. The Balaban J connectivity index is 0.00000320. The number of halogens is 3. The molecule has 2 aromatic carbocycles. The highest BCUT2D eigenvalue weighted by atomic mass is 35.5. The van der Waals surface area contributed by atoms with Gasteiger partial charge in [0.05, 0.1) is 16.0 Å². The molecule has 0 unspecified atom stereocenters. The zero-order chi connectivity index (χ0) is 20.8. The molecular weight excluding hydrogens is 464 g/mol. The highest BCUT2D eigenvalue weighted by Crippen LogP contribution is 2.30. The number of nitrogens with zero attached hydrogens (tertiary/aromatic N) is 3. The maximum atomic E-state index is 13.6. The van der Waals surface area contributed by atoms with Crippen molar-refractivity contribution < 1.29 is 9.18 Å². The summed E-state index contributed by atoms with van der Waals surface area (Å²) in [7, 11) is 0. The topological polar surface area (TPSA) is 36.4 Å². The Labute approximate surface area is 195 Å². The number of thiazole rings is 1. The molecule has 0 saturated heterocycles. The van der Waals surface area contributed by atoms with E-state index in [0.29, 0.717) is 28.0 Å². The van der Waals surface area contributed by atoms with E-state index in [4.69, 9.17) is 11.6 Å². The Morgan fingerprint density at radius 3 is 2.50 bits per heavy atom. The van der Waals surface area contributed by atoms with Crippen molar-refractivity contribution in [3.05, 3.63) is 53.3 Å². The minimum absolute atomic E-state index is 0. The summed E-state index contributed by atoms with van der Waals surface area (Å²) in [6.45, 7) is 7.35. The van der Waals surface area contributed by atoms with Gasteiger partial charge in [0.15, 0.2) is 5.13 Å². The van der Waals surface area contributed by atoms with Crippen LogP contribution in [-0.4, -0.2) is 47.7 Å². The summed E-state index contributed by atoms with van der Waals surface area (Å²) in [6.07, 6.45) is 0. The third-order valence-electron chi connectivity index (χ3n) is 4.58. The lowest BCUT2D eigenvalue weighted by molar-refractivity contribution is -0.116. The van der Waals surface area contributed by atoms with Gasteiger partial charge in [0.2, 0.25) is 5.91 Å².